The van der Waals surface area contributed by atoms with Crippen LogP contribution in [0.5, 0.6) is 5.75 Å². The topological polar surface area (TPSA) is 92.0 Å². The normalized spacial score (nSPS) is 19.2. The van der Waals surface area contributed by atoms with Crippen LogP contribution in [0, 0.1) is 18.8 Å². The highest BCUT2D eigenvalue weighted by Gasteiger charge is 2.23. The zero-order valence-electron chi connectivity index (χ0n) is 19.6. The van der Waals surface area contributed by atoms with E-state index in [0.29, 0.717) is 6.54 Å². The van der Waals surface area contributed by atoms with Crippen molar-refractivity contribution in [3.05, 3.63) is 29.3 Å². The Morgan fingerprint density at radius 2 is 2.09 bits per heavy atom. The highest BCUT2D eigenvalue weighted by atomic mass is 127. The number of likely N-dealkylation sites (tertiary alicyclic amines) is 1. The standard InChI is InChI=1S/C24H39N5O2.HI/c1-3-26-24(27-11-5-13-29-12-4-6-21(16-29)23(25)30)28-15-20-10-7-18(2)14-22(20)31-17-19-8-9-19;/h7,10,14,19,21H,3-6,8-9,11-13,15-17H2,1-2H3,(H2,25,30)(H2,26,27,28);1H. The molecule has 1 aromatic carbocycles. The van der Waals surface area contributed by atoms with E-state index in [4.69, 9.17) is 15.5 Å². The minimum absolute atomic E-state index is 0. The minimum atomic E-state index is -0.166. The number of nitrogens with zero attached hydrogens (tertiary/aromatic N) is 2. The first-order valence-electron chi connectivity index (χ1n) is 11.8. The minimum Gasteiger partial charge on any atom is -0.493 e. The predicted octanol–water partition coefficient (Wildman–Crippen LogP) is 3.04. The second-order valence-corrected chi connectivity index (χ2v) is 8.88. The molecule has 0 radical (unpaired) electrons. The van der Waals surface area contributed by atoms with Crippen LogP contribution in [-0.4, -0.2) is 56.1 Å². The summed E-state index contributed by atoms with van der Waals surface area (Å²) in [6.07, 6.45) is 5.54. The monoisotopic (exact) mass is 557 g/mol. The molecule has 1 unspecified atom stereocenters. The lowest BCUT2D eigenvalue weighted by Gasteiger charge is -2.31. The lowest BCUT2D eigenvalue weighted by atomic mass is 9.97. The molecule has 1 aliphatic heterocycles. The molecule has 4 N–H and O–H groups in total. The number of hydrogen-bond donors (Lipinski definition) is 3. The van der Waals surface area contributed by atoms with Crippen LogP contribution in [0.1, 0.15) is 50.2 Å². The molecule has 1 saturated carbocycles. The summed E-state index contributed by atoms with van der Waals surface area (Å²) in [6.45, 7) is 10.0. The van der Waals surface area contributed by atoms with Crippen molar-refractivity contribution in [1.82, 2.24) is 15.5 Å². The van der Waals surface area contributed by atoms with E-state index < -0.39 is 0 Å². The SMILES string of the molecule is CCNC(=NCc1ccc(C)cc1OCC1CC1)NCCCN1CCCC(C(N)=O)C1.I. The Balaban J connectivity index is 0.00000363. The van der Waals surface area contributed by atoms with Crippen LogP contribution in [0.25, 0.3) is 0 Å². The highest BCUT2D eigenvalue weighted by molar-refractivity contribution is 14.0. The fraction of sp³-hybridized carbons (Fsp3) is 0.667. The number of guanidine groups is 1. The summed E-state index contributed by atoms with van der Waals surface area (Å²) in [5.74, 6) is 2.35. The molecule has 1 amide bonds. The number of nitrogens with one attached hydrogen (secondary N) is 2. The molecule has 2 aliphatic rings. The molecule has 0 spiro atoms. The second kappa shape index (κ2) is 13.9. The number of hydrogen-bond acceptors (Lipinski definition) is 4. The van der Waals surface area contributed by atoms with E-state index in [9.17, 15) is 4.79 Å². The maximum absolute atomic E-state index is 11.5. The fourth-order valence-electron chi connectivity index (χ4n) is 3.93. The number of rotatable bonds is 11. The van der Waals surface area contributed by atoms with Gasteiger partial charge in [-0.2, -0.15) is 0 Å². The third-order valence-corrected chi connectivity index (χ3v) is 6.00. The number of primary amides is 1. The number of benzene rings is 1. The molecule has 1 aliphatic carbocycles. The molecule has 32 heavy (non-hydrogen) atoms. The molecule has 0 aromatic heterocycles. The van der Waals surface area contributed by atoms with Crippen molar-refractivity contribution < 1.29 is 9.53 Å². The van der Waals surface area contributed by atoms with Crippen molar-refractivity contribution in [2.24, 2.45) is 22.6 Å². The summed E-state index contributed by atoms with van der Waals surface area (Å²) in [5.41, 5.74) is 7.81. The van der Waals surface area contributed by atoms with Gasteiger partial charge in [0.05, 0.1) is 19.1 Å². The molecule has 3 rings (SSSR count). The number of halogens is 1. The van der Waals surface area contributed by atoms with Gasteiger partial charge < -0.3 is 26.0 Å². The maximum Gasteiger partial charge on any atom is 0.221 e. The number of piperidine rings is 1. The first-order valence-corrected chi connectivity index (χ1v) is 11.8. The molecular weight excluding hydrogens is 517 g/mol. The van der Waals surface area contributed by atoms with Crippen LogP contribution < -0.4 is 21.1 Å². The number of carbonyl (C=O) groups excluding carboxylic acids is 1. The van der Waals surface area contributed by atoms with Gasteiger partial charge in [-0.05, 0) is 76.6 Å². The zero-order valence-corrected chi connectivity index (χ0v) is 21.9. The van der Waals surface area contributed by atoms with Crippen LogP contribution in [0.2, 0.25) is 0 Å². The number of nitrogens with two attached hydrogens (primary N) is 1. The maximum atomic E-state index is 11.5. The molecule has 7 nitrogen and oxygen atoms in total. The van der Waals surface area contributed by atoms with Crippen LogP contribution in [0.4, 0.5) is 0 Å². The van der Waals surface area contributed by atoms with Crippen molar-refractivity contribution in [3.63, 3.8) is 0 Å². The number of carbonyl (C=O) groups is 1. The third kappa shape index (κ3) is 9.13. The lowest BCUT2D eigenvalue weighted by Crippen LogP contribution is -2.43. The van der Waals surface area contributed by atoms with Crippen molar-refractivity contribution in [1.29, 1.82) is 0 Å². The van der Waals surface area contributed by atoms with Gasteiger partial charge in [0.25, 0.3) is 0 Å². The number of aryl methyl sites for hydroxylation is 1. The van der Waals surface area contributed by atoms with Gasteiger partial charge in [-0.15, -0.1) is 24.0 Å². The number of ether oxygens (including phenoxy) is 1. The highest BCUT2D eigenvalue weighted by Crippen LogP contribution is 2.31. The second-order valence-electron chi connectivity index (χ2n) is 8.88. The Labute approximate surface area is 210 Å². The molecule has 1 heterocycles. The van der Waals surface area contributed by atoms with E-state index in [1.165, 1.54) is 18.4 Å². The molecule has 1 aromatic rings. The molecular formula is C24H40IN5O2. The summed E-state index contributed by atoms with van der Waals surface area (Å²) >= 11 is 0. The van der Waals surface area contributed by atoms with Gasteiger partial charge in [0.2, 0.25) is 5.91 Å². The molecule has 0 bridgehead atoms. The van der Waals surface area contributed by atoms with Gasteiger partial charge in [0, 0.05) is 25.2 Å². The molecule has 180 valence electrons. The molecule has 1 atom stereocenters. The molecule has 2 fully saturated rings. The summed E-state index contributed by atoms with van der Waals surface area (Å²) in [7, 11) is 0. The third-order valence-electron chi connectivity index (χ3n) is 6.00. The summed E-state index contributed by atoms with van der Waals surface area (Å²) in [5, 5.41) is 6.76. The van der Waals surface area contributed by atoms with Gasteiger partial charge in [0.15, 0.2) is 5.96 Å². The Kier molecular flexibility index (Phi) is 11.6. The van der Waals surface area contributed by atoms with Crippen molar-refractivity contribution in [2.45, 2.75) is 52.5 Å². The summed E-state index contributed by atoms with van der Waals surface area (Å²) in [6, 6.07) is 6.36. The predicted molar refractivity (Wildman–Crippen MR) is 141 cm³/mol. The number of aliphatic imine (C=N–C) groups is 1. The first kappa shape index (κ1) is 26.7. The van der Waals surface area contributed by atoms with Gasteiger partial charge in [-0.25, -0.2) is 4.99 Å². The number of amides is 1. The van der Waals surface area contributed by atoms with Gasteiger partial charge in [-0.1, -0.05) is 12.1 Å². The van der Waals surface area contributed by atoms with E-state index in [0.717, 1.165) is 81.8 Å². The van der Waals surface area contributed by atoms with E-state index >= 15 is 0 Å². The molecule has 1 saturated heterocycles. The van der Waals surface area contributed by atoms with Crippen molar-refractivity contribution in [3.8, 4) is 5.75 Å². The fourth-order valence-corrected chi connectivity index (χ4v) is 3.93. The smallest absolute Gasteiger partial charge is 0.221 e. The van der Waals surface area contributed by atoms with Gasteiger partial charge >= 0.3 is 0 Å². The summed E-state index contributed by atoms with van der Waals surface area (Å²) in [4.78, 5) is 18.6. The zero-order chi connectivity index (χ0) is 22.1. The Hall–Kier alpha value is -1.55. The first-order chi connectivity index (χ1) is 15.0. The Morgan fingerprint density at radius 1 is 1.28 bits per heavy atom. The van der Waals surface area contributed by atoms with Crippen LogP contribution >= 0.6 is 24.0 Å². The average molecular weight is 558 g/mol. The summed E-state index contributed by atoms with van der Waals surface area (Å²) < 4.78 is 6.08. The van der Waals surface area contributed by atoms with Crippen molar-refractivity contribution in [2.75, 3.05) is 39.3 Å². The quantitative estimate of drug-likeness (QED) is 0.169. The van der Waals surface area contributed by atoms with E-state index in [1.54, 1.807) is 0 Å². The van der Waals surface area contributed by atoms with Crippen LogP contribution in [-0.2, 0) is 11.3 Å². The van der Waals surface area contributed by atoms with E-state index in [1.807, 2.05) is 0 Å². The van der Waals surface area contributed by atoms with Crippen molar-refractivity contribution >= 4 is 35.8 Å². The average Bonchev–Trinajstić information content (AvgIpc) is 3.59. The Bertz CT molecular complexity index is 754. The van der Waals surface area contributed by atoms with E-state index in [-0.39, 0.29) is 35.8 Å². The van der Waals surface area contributed by atoms with Crippen LogP contribution in [0.15, 0.2) is 23.2 Å². The van der Waals surface area contributed by atoms with Gasteiger partial charge in [0.1, 0.15) is 5.75 Å². The lowest BCUT2D eigenvalue weighted by molar-refractivity contribution is -0.123. The van der Waals surface area contributed by atoms with Crippen LogP contribution in [0.3, 0.4) is 0 Å². The largest absolute Gasteiger partial charge is 0.493 e. The molecule has 8 heteroatoms. The van der Waals surface area contributed by atoms with Gasteiger partial charge in [-0.3, -0.25) is 4.79 Å². The Morgan fingerprint density at radius 3 is 2.81 bits per heavy atom. The van der Waals surface area contributed by atoms with E-state index in [2.05, 4.69) is 47.6 Å².